The molecule has 3 rings (SSSR count). The zero-order valence-electron chi connectivity index (χ0n) is 13.1. The molecular weight excluding hydrogens is 352 g/mol. The van der Waals surface area contributed by atoms with Crippen molar-refractivity contribution < 1.29 is 9.13 Å². The third-order valence-corrected chi connectivity index (χ3v) is 4.25. The van der Waals surface area contributed by atoms with Crippen LogP contribution in [0, 0.1) is 5.82 Å². The van der Waals surface area contributed by atoms with E-state index in [1.54, 1.807) is 12.3 Å². The van der Waals surface area contributed by atoms with Gasteiger partial charge in [-0.05, 0) is 29.8 Å². The number of aromatic nitrogens is 1. The monoisotopic (exact) mass is 371 g/mol. The first-order chi connectivity index (χ1) is 11.2. The van der Waals surface area contributed by atoms with Crippen LogP contribution >= 0.6 is 24.0 Å². The Morgan fingerprint density at radius 1 is 1.38 bits per heavy atom. The maximum absolute atomic E-state index is 13.0. The fraction of sp³-hybridized carbons (Fsp3) is 0.353. The predicted octanol–water partition coefficient (Wildman–Crippen LogP) is 3.32. The molecule has 4 nitrogen and oxygen atoms in total. The molecule has 0 saturated carbocycles. The lowest BCUT2D eigenvalue weighted by atomic mass is 10.1. The molecule has 2 aromatic rings. The Bertz CT molecular complexity index is 645. The minimum atomic E-state index is -0.360. The van der Waals surface area contributed by atoms with Gasteiger partial charge in [0, 0.05) is 44.6 Å². The average Bonchev–Trinajstić information content (AvgIpc) is 2.58. The van der Waals surface area contributed by atoms with Crippen LogP contribution in [0.4, 0.5) is 4.39 Å². The Kier molecular flexibility index (Phi) is 7.24. The second-order valence-electron chi connectivity index (χ2n) is 5.47. The first kappa shape index (κ1) is 18.9. The second kappa shape index (κ2) is 9.18. The number of pyridine rings is 1. The van der Waals surface area contributed by atoms with E-state index >= 15 is 0 Å². The van der Waals surface area contributed by atoms with Crippen LogP contribution in [0.2, 0.25) is 5.02 Å². The molecule has 1 aromatic heterocycles. The molecule has 1 aliphatic rings. The van der Waals surface area contributed by atoms with Crippen molar-refractivity contribution in [2.24, 2.45) is 0 Å². The van der Waals surface area contributed by atoms with Crippen LogP contribution in [-0.2, 0) is 0 Å². The van der Waals surface area contributed by atoms with Crippen molar-refractivity contribution in [3.8, 4) is 5.75 Å². The number of hydrogen-bond acceptors (Lipinski definition) is 4. The van der Waals surface area contributed by atoms with Gasteiger partial charge in [0.15, 0.2) is 0 Å². The topological polar surface area (TPSA) is 37.4 Å². The van der Waals surface area contributed by atoms with Gasteiger partial charge in [-0.15, -0.1) is 12.4 Å². The molecule has 1 unspecified atom stereocenters. The summed E-state index contributed by atoms with van der Waals surface area (Å²) in [5, 5.41) is 3.71. The fourth-order valence-electron chi connectivity index (χ4n) is 2.78. The molecule has 1 aliphatic heterocycles. The molecule has 1 fully saturated rings. The number of halogens is 3. The number of piperazine rings is 1. The summed E-state index contributed by atoms with van der Waals surface area (Å²) in [6.07, 6.45) is 3.69. The molecule has 0 aliphatic carbocycles. The van der Waals surface area contributed by atoms with Gasteiger partial charge in [0.05, 0.1) is 5.02 Å². The highest BCUT2D eigenvalue weighted by Crippen LogP contribution is 2.25. The van der Waals surface area contributed by atoms with Crippen molar-refractivity contribution in [3.63, 3.8) is 0 Å². The van der Waals surface area contributed by atoms with Crippen LogP contribution in [0.5, 0.6) is 5.75 Å². The SMILES string of the molecule is Cl.Fc1ccc(OCCN2CCNCC2c2cccnc2)c(Cl)c1. The first-order valence-electron chi connectivity index (χ1n) is 7.66. The van der Waals surface area contributed by atoms with Crippen molar-refractivity contribution in [1.82, 2.24) is 15.2 Å². The van der Waals surface area contributed by atoms with Crippen LogP contribution in [0.1, 0.15) is 11.6 Å². The molecule has 1 N–H and O–H groups in total. The van der Waals surface area contributed by atoms with Crippen molar-refractivity contribution >= 4 is 24.0 Å². The lowest BCUT2D eigenvalue weighted by Crippen LogP contribution is -2.47. The maximum atomic E-state index is 13.0. The number of hydrogen-bond donors (Lipinski definition) is 1. The van der Waals surface area contributed by atoms with Gasteiger partial charge in [0.2, 0.25) is 0 Å². The zero-order valence-corrected chi connectivity index (χ0v) is 14.7. The van der Waals surface area contributed by atoms with Crippen molar-refractivity contribution in [2.75, 3.05) is 32.8 Å². The Balaban J connectivity index is 0.00000208. The van der Waals surface area contributed by atoms with Crippen LogP contribution in [0.3, 0.4) is 0 Å². The van der Waals surface area contributed by atoms with Crippen molar-refractivity contribution in [3.05, 3.63) is 59.1 Å². The molecule has 1 aromatic carbocycles. The van der Waals surface area contributed by atoms with Gasteiger partial charge in [0.1, 0.15) is 18.2 Å². The van der Waals surface area contributed by atoms with Gasteiger partial charge in [-0.25, -0.2) is 4.39 Å². The number of ether oxygens (including phenoxy) is 1. The third-order valence-electron chi connectivity index (χ3n) is 3.95. The number of nitrogens with one attached hydrogen (secondary N) is 1. The quantitative estimate of drug-likeness (QED) is 0.874. The van der Waals surface area contributed by atoms with E-state index in [1.165, 1.54) is 17.7 Å². The largest absolute Gasteiger partial charge is 0.491 e. The first-order valence-corrected chi connectivity index (χ1v) is 8.04. The van der Waals surface area contributed by atoms with E-state index in [0.29, 0.717) is 17.4 Å². The summed E-state index contributed by atoms with van der Waals surface area (Å²) in [4.78, 5) is 6.57. The molecule has 0 bridgehead atoms. The molecule has 0 radical (unpaired) electrons. The van der Waals surface area contributed by atoms with Crippen molar-refractivity contribution in [1.29, 1.82) is 0 Å². The summed E-state index contributed by atoms with van der Waals surface area (Å²) in [7, 11) is 0. The summed E-state index contributed by atoms with van der Waals surface area (Å²) in [6.45, 7) is 4.06. The Morgan fingerprint density at radius 3 is 3.00 bits per heavy atom. The molecule has 130 valence electrons. The lowest BCUT2D eigenvalue weighted by Gasteiger charge is -2.36. The Labute approximate surface area is 152 Å². The Morgan fingerprint density at radius 2 is 2.25 bits per heavy atom. The molecule has 1 saturated heterocycles. The van der Waals surface area contributed by atoms with E-state index in [2.05, 4.69) is 21.3 Å². The van der Waals surface area contributed by atoms with Gasteiger partial charge in [-0.2, -0.15) is 0 Å². The minimum Gasteiger partial charge on any atom is -0.491 e. The summed E-state index contributed by atoms with van der Waals surface area (Å²) in [6, 6.07) is 8.51. The van der Waals surface area contributed by atoms with Crippen LogP contribution in [0.15, 0.2) is 42.7 Å². The standard InChI is InChI=1S/C17H19ClFN3O.ClH/c18-15-10-14(19)3-4-17(15)23-9-8-22-7-6-21-12-16(22)13-2-1-5-20-11-13;/h1-5,10-11,16,21H,6-9,12H2;1H. The van der Waals surface area contributed by atoms with Gasteiger partial charge in [-0.1, -0.05) is 17.7 Å². The number of nitrogens with zero attached hydrogens (tertiary/aromatic N) is 2. The van der Waals surface area contributed by atoms with E-state index < -0.39 is 0 Å². The van der Waals surface area contributed by atoms with Crippen LogP contribution in [0.25, 0.3) is 0 Å². The zero-order chi connectivity index (χ0) is 16.1. The summed E-state index contributed by atoms with van der Waals surface area (Å²) >= 11 is 5.98. The summed E-state index contributed by atoms with van der Waals surface area (Å²) in [5.41, 5.74) is 1.19. The van der Waals surface area contributed by atoms with E-state index in [-0.39, 0.29) is 24.3 Å². The fourth-order valence-corrected chi connectivity index (χ4v) is 3.00. The lowest BCUT2D eigenvalue weighted by molar-refractivity contribution is 0.134. The number of benzene rings is 1. The molecule has 2 heterocycles. The van der Waals surface area contributed by atoms with E-state index in [4.69, 9.17) is 16.3 Å². The molecular formula is C17H20Cl2FN3O. The van der Waals surface area contributed by atoms with E-state index in [9.17, 15) is 4.39 Å². The third kappa shape index (κ3) is 4.80. The molecule has 0 spiro atoms. The van der Waals surface area contributed by atoms with E-state index in [1.807, 2.05) is 12.3 Å². The predicted molar refractivity (Wildman–Crippen MR) is 95.6 cm³/mol. The van der Waals surface area contributed by atoms with Gasteiger partial charge in [-0.3, -0.25) is 9.88 Å². The Hall–Kier alpha value is -1.40. The van der Waals surface area contributed by atoms with Crippen LogP contribution < -0.4 is 10.1 Å². The second-order valence-corrected chi connectivity index (χ2v) is 5.87. The number of rotatable bonds is 5. The van der Waals surface area contributed by atoms with Gasteiger partial charge in [0.25, 0.3) is 0 Å². The van der Waals surface area contributed by atoms with E-state index in [0.717, 1.165) is 26.2 Å². The maximum Gasteiger partial charge on any atom is 0.138 e. The highest BCUT2D eigenvalue weighted by molar-refractivity contribution is 6.32. The normalized spacial score (nSPS) is 18.0. The van der Waals surface area contributed by atoms with Gasteiger partial charge >= 0.3 is 0 Å². The molecule has 7 heteroatoms. The highest BCUT2D eigenvalue weighted by Gasteiger charge is 2.23. The van der Waals surface area contributed by atoms with Crippen molar-refractivity contribution in [2.45, 2.75) is 6.04 Å². The summed E-state index contributed by atoms with van der Waals surface area (Å²) in [5.74, 6) is 0.155. The van der Waals surface area contributed by atoms with Crippen LogP contribution in [-0.4, -0.2) is 42.7 Å². The van der Waals surface area contributed by atoms with Gasteiger partial charge < -0.3 is 10.1 Å². The molecule has 24 heavy (non-hydrogen) atoms. The molecule has 0 amide bonds. The average molecular weight is 372 g/mol. The highest BCUT2D eigenvalue weighted by atomic mass is 35.5. The smallest absolute Gasteiger partial charge is 0.138 e. The molecule has 1 atom stereocenters. The summed E-state index contributed by atoms with van der Waals surface area (Å²) < 4.78 is 18.7. The minimum absolute atomic E-state index is 0.